The molecule has 3 aromatic heterocycles. The molecule has 0 amide bonds. The summed E-state index contributed by atoms with van der Waals surface area (Å²) < 4.78 is 5.03. The highest BCUT2D eigenvalue weighted by atomic mass is 32.1. The molecular weight excluding hydrogens is 384 g/mol. The molecule has 0 unspecified atom stereocenters. The van der Waals surface area contributed by atoms with Crippen molar-refractivity contribution in [2.45, 2.75) is 0 Å². The summed E-state index contributed by atoms with van der Waals surface area (Å²) in [5.41, 5.74) is 4.61. The van der Waals surface area contributed by atoms with Crippen molar-refractivity contribution in [2.24, 2.45) is 0 Å². The van der Waals surface area contributed by atoms with E-state index in [1.54, 1.807) is 0 Å². The van der Waals surface area contributed by atoms with Crippen molar-refractivity contribution in [3.8, 4) is 5.69 Å². The van der Waals surface area contributed by atoms with Crippen LogP contribution in [0.3, 0.4) is 0 Å². The van der Waals surface area contributed by atoms with E-state index in [2.05, 4.69) is 89.5 Å². The Balaban J connectivity index is 1.74. The first kappa shape index (κ1) is 16.1. The van der Waals surface area contributed by atoms with Gasteiger partial charge >= 0.3 is 0 Å². The van der Waals surface area contributed by atoms with Crippen LogP contribution in [0.25, 0.3) is 58.6 Å². The van der Waals surface area contributed by atoms with E-state index in [1.807, 2.05) is 23.6 Å². The molecule has 0 saturated heterocycles. The van der Waals surface area contributed by atoms with Crippen molar-refractivity contribution in [3.05, 3.63) is 97.2 Å². The second kappa shape index (κ2) is 5.91. The van der Waals surface area contributed by atoms with Gasteiger partial charge in [-0.05, 0) is 53.2 Å². The van der Waals surface area contributed by atoms with Gasteiger partial charge in [-0.25, -0.2) is 0 Å². The van der Waals surface area contributed by atoms with Gasteiger partial charge in [0.05, 0.1) is 16.6 Å². The molecule has 7 rings (SSSR count). The molecule has 7 aromatic rings. The van der Waals surface area contributed by atoms with Crippen molar-refractivity contribution in [3.63, 3.8) is 0 Å². The molecule has 0 aliphatic rings. The van der Waals surface area contributed by atoms with E-state index < -0.39 is 0 Å². The van der Waals surface area contributed by atoms with Gasteiger partial charge in [-0.15, -0.1) is 11.3 Å². The average Bonchev–Trinajstić information content (AvgIpc) is 3.34. The third kappa shape index (κ3) is 2.10. The highest BCUT2D eigenvalue weighted by molar-refractivity contribution is 7.26. The normalized spacial score (nSPS) is 12.0. The Kier molecular flexibility index (Phi) is 3.18. The van der Waals surface area contributed by atoms with Crippen molar-refractivity contribution in [1.29, 1.82) is 0 Å². The van der Waals surface area contributed by atoms with Crippen molar-refractivity contribution >= 4 is 64.2 Å². The zero-order valence-electron chi connectivity index (χ0n) is 16.0. The second-order valence-corrected chi connectivity index (χ2v) is 8.75. The van der Waals surface area contributed by atoms with Crippen LogP contribution < -0.4 is 0 Å². The molecule has 3 heteroatoms. The Morgan fingerprint density at radius 2 is 1.53 bits per heavy atom. The standard InChI is InChI=1S/C27H16N2S/c1-2-7-18-16-19(12-11-17(18)6-1)29-22-9-5-15-28-26(22)21-13-14-24-25(27(21)29)20-8-3-4-10-23(20)30-24/h1-16H. The number of aromatic nitrogens is 2. The fourth-order valence-corrected chi connectivity index (χ4v) is 5.82. The summed E-state index contributed by atoms with van der Waals surface area (Å²) in [5.74, 6) is 0. The SMILES string of the molecule is c1ccc2cc(-n3c4cccnc4c4ccc5sc6ccccc6c5c43)ccc2c1. The van der Waals surface area contributed by atoms with E-state index in [0.717, 1.165) is 11.0 Å². The molecule has 0 saturated carbocycles. The molecule has 0 aliphatic heterocycles. The average molecular weight is 401 g/mol. The van der Waals surface area contributed by atoms with Crippen molar-refractivity contribution in [1.82, 2.24) is 9.55 Å². The Hall–Kier alpha value is -3.69. The summed E-state index contributed by atoms with van der Waals surface area (Å²) in [6, 6.07) is 32.7. The molecule has 4 aromatic carbocycles. The Bertz CT molecular complexity index is 1750. The maximum atomic E-state index is 4.77. The number of hydrogen-bond acceptors (Lipinski definition) is 2. The summed E-state index contributed by atoms with van der Waals surface area (Å²) in [7, 11) is 0. The van der Waals surface area contributed by atoms with Crippen LogP contribution in [0.15, 0.2) is 97.2 Å². The van der Waals surface area contributed by atoms with Gasteiger partial charge in [0, 0.05) is 37.4 Å². The van der Waals surface area contributed by atoms with Gasteiger partial charge in [0.2, 0.25) is 0 Å². The van der Waals surface area contributed by atoms with Gasteiger partial charge in [0.1, 0.15) is 0 Å². The summed E-state index contributed by atoms with van der Waals surface area (Å²) in [5, 5.41) is 6.34. The number of pyridine rings is 1. The molecule has 140 valence electrons. The predicted octanol–water partition coefficient (Wildman–Crippen LogP) is 7.70. The van der Waals surface area contributed by atoms with E-state index in [-0.39, 0.29) is 0 Å². The first-order valence-corrected chi connectivity index (χ1v) is 10.9. The molecule has 0 spiro atoms. The van der Waals surface area contributed by atoms with Crippen LogP contribution in [0.2, 0.25) is 0 Å². The fourth-order valence-electron chi connectivity index (χ4n) is 4.71. The monoisotopic (exact) mass is 400 g/mol. The number of thiophene rings is 1. The maximum absolute atomic E-state index is 4.77. The first-order valence-electron chi connectivity index (χ1n) is 10.1. The van der Waals surface area contributed by atoms with Crippen LogP contribution in [-0.2, 0) is 0 Å². The third-order valence-corrected chi connectivity index (χ3v) is 7.15. The molecule has 0 radical (unpaired) electrons. The van der Waals surface area contributed by atoms with E-state index in [0.29, 0.717) is 0 Å². The van der Waals surface area contributed by atoms with Crippen LogP contribution in [0.1, 0.15) is 0 Å². The summed E-state index contributed by atoms with van der Waals surface area (Å²) in [4.78, 5) is 4.77. The quantitative estimate of drug-likeness (QED) is 0.276. The maximum Gasteiger partial charge on any atom is 0.0963 e. The van der Waals surface area contributed by atoms with Gasteiger partial charge in [-0.1, -0.05) is 48.5 Å². The Morgan fingerprint density at radius 3 is 2.50 bits per heavy atom. The summed E-state index contributed by atoms with van der Waals surface area (Å²) in [6.07, 6.45) is 1.89. The number of fused-ring (bicyclic) bond motifs is 8. The molecule has 0 N–H and O–H groups in total. The molecule has 0 bridgehead atoms. The van der Waals surface area contributed by atoms with Gasteiger partial charge < -0.3 is 4.57 Å². The predicted molar refractivity (Wildman–Crippen MR) is 129 cm³/mol. The third-order valence-electron chi connectivity index (χ3n) is 6.01. The van der Waals surface area contributed by atoms with Gasteiger partial charge in [-0.2, -0.15) is 0 Å². The minimum absolute atomic E-state index is 1.05. The Labute approximate surface area is 176 Å². The zero-order chi connectivity index (χ0) is 19.7. The van der Waals surface area contributed by atoms with Gasteiger partial charge in [-0.3, -0.25) is 4.98 Å². The van der Waals surface area contributed by atoms with E-state index in [9.17, 15) is 0 Å². The van der Waals surface area contributed by atoms with Crippen LogP contribution in [0.4, 0.5) is 0 Å². The Morgan fingerprint density at radius 1 is 0.667 bits per heavy atom. The number of hydrogen-bond donors (Lipinski definition) is 0. The first-order chi connectivity index (χ1) is 14.9. The largest absolute Gasteiger partial charge is 0.307 e. The van der Waals surface area contributed by atoms with Crippen molar-refractivity contribution < 1.29 is 0 Å². The molecule has 0 aliphatic carbocycles. The molecule has 3 heterocycles. The van der Waals surface area contributed by atoms with Gasteiger partial charge in [0.25, 0.3) is 0 Å². The van der Waals surface area contributed by atoms with Crippen LogP contribution in [-0.4, -0.2) is 9.55 Å². The van der Waals surface area contributed by atoms with Crippen LogP contribution >= 0.6 is 11.3 Å². The summed E-state index contributed by atoms with van der Waals surface area (Å²) in [6.45, 7) is 0. The molecule has 0 fully saturated rings. The summed E-state index contributed by atoms with van der Waals surface area (Å²) >= 11 is 1.86. The number of rotatable bonds is 1. The molecular formula is C27H16N2S. The molecule has 30 heavy (non-hydrogen) atoms. The number of nitrogens with zero attached hydrogens (tertiary/aromatic N) is 2. The molecule has 2 nitrogen and oxygen atoms in total. The highest BCUT2D eigenvalue weighted by Crippen LogP contribution is 2.42. The lowest BCUT2D eigenvalue weighted by Crippen LogP contribution is -1.94. The minimum atomic E-state index is 1.05. The van der Waals surface area contributed by atoms with E-state index in [1.165, 1.54) is 47.5 Å². The molecule has 0 atom stereocenters. The van der Waals surface area contributed by atoms with Crippen LogP contribution in [0.5, 0.6) is 0 Å². The second-order valence-electron chi connectivity index (χ2n) is 7.67. The van der Waals surface area contributed by atoms with Gasteiger partial charge in [0.15, 0.2) is 0 Å². The van der Waals surface area contributed by atoms with E-state index >= 15 is 0 Å². The highest BCUT2D eigenvalue weighted by Gasteiger charge is 2.18. The minimum Gasteiger partial charge on any atom is -0.307 e. The smallest absolute Gasteiger partial charge is 0.0963 e. The lowest BCUT2D eigenvalue weighted by Gasteiger charge is -2.10. The lowest BCUT2D eigenvalue weighted by atomic mass is 10.1. The van der Waals surface area contributed by atoms with E-state index in [4.69, 9.17) is 4.98 Å². The van der Waals surface area contributed by atoms with Crippen LogP contribution in [0, 0.1) is 0 Å². The van der Waals surface area contributed by atoms with Crippen molar-refractivity contribution in [2.75, 3.05) is 0 Å². The fraction of sp³-hybridized carbons (Fsp3) is 0. The topological polar surface area (TPSA) is 17.8 Å². The zero-order valence-corrected chi connectivity index (χ0v) is 16.9. The number of benzene rings is 4. The lowest BCUT2D eigenvalue weighted by molar-refractivity contribution is 1.19.